The number of pyridine rings is 1. The van der Waals surface area contributed by atoms with Gasteiger partial charge in [0.2, 0.25) is 0 Å². The van der Waals surface area contributed by atoms with E-state index in [4.69, 9.17) is 11.6 Å². The maximum Gasteiger partial charge on any atom is 0.252 e. The summed E-state index contributed by atoms with van der Waals surface area (Å²) < 4.78 is 1.71. The number of hydrogen-bond acceptors (Lipinski definition) is 4. The molecule has 0 radical (unpaired) electrons. The van der Waals surface area contributed by atoms with Gasteiger partial charge in [-0.15, -0.1) is 0 Å². The van der Waals surface area contributed by atoms with Crippen molar-refractivity contribution in [1.29, 1.82) is 0 Å². The van der Waals surface area contributed by atoms with Crippen LogP contribution in [0.15, 0.2) is 67.3 Å². The first-order chi connectivity index (χ1) is 13.1. The molecule has 0 fully saturated rings. The van der Waals surface area contributed by atoms with Crippen LogP contribution in [0.2, 0.25) is 5.02 Å². The smallest absolute Gasteiger partial charge is 0.252 e. The van der Waals surface area contributed by atoms with Gasteiger partial charge in [0.15, 0.2) is 5.65 Å². The summed E-state index contributed by atoms with van der Waals surface area (Å²) in [4.78, 5) is 21.2. The summed E-state index contributed by atoms with van der Waals surface area (Å²) in [6.45, 7) is 1.96. The van der Waals surface area contributed by atoms with E-state index in [2.05, 4.69) is 20.4 Å². The van der Waals surface area contributed by atoms with E-state index in [0.717, 1.165) is 16.8 Å². The standard InChI is InChI=1S/C20H16ClN5O/c1-13-4-2-5-15(21)18(13)19(25-20(27)14-7-10-22-11-8-14)16-12-23-17-6-3-9-24-26(16)17/h2-12,19H,1H3,(H,25,27). The first-order valence-electron chi connectivity index (χ1n) is 8.39. The van der Waals surface area contributed by atoms with E-state index in [9.17, 15) is 4.79 Å². The quantitative estimate of drug-likeness (QED) is 0.589. The number of nitrogens with one attached hydrogen (secondary N) is 1. The molecule has 6 nitrogen and oxygen atoms in total. The molecule has 4 aromatic rings. The van der Waals surface area contributed by atoms with Gasteiger partial charge in [0, 0.05) is 34.7 Å². The summed E-state index contributed by atoms with van der Waals surface area (Å²) in [5.41, 5.74) is 3.72. The molecule has 1 aromatic carbocycles. The number of halogens is 1. The molecule has 1 amide bonds. The van der Waals surface area contributed by atoms with Gasteiger partial charge in [-0.1, -0.05) is 23.7 Å². The number of aromatic nitrogens is 4. The molecular formula is C20H16ClN5O. The largest absolute Gasteiger partial charge is 0.339 e. The fourth-order valence-electron chi connectivity index (χ4n) is 3.07. The molecule has 7 heteroatoms. The van der Waals surface area contributed by atoms with Crippen molar-refractivity contribution in [3.8, 4) is 0 Å². The van der Waals surface area contributed by atoms with Crippen molar-refractivity contribution < 1.29 is 4.79 Å². The van der Waals surface area contributed by atoms with Crippen LogP contribution in [0, 0.1) is 6.92 Å². The molecule has 134 valence electrons. The molecule has 1 N–H and O–H groups in total. The summed E-state index contributed by atoms with van der Waals surface area (Å²) in [5.74, 6) is -0.229. The number of amides is 1. The molecule has 0 spiro atoms. The van der Waals surface area contributed by atoms with Crippen molar-refractivity contribution in [2.45, 2.75) is 13.0 Å². The zero-order valence-corrected chi connectivity index (χ0v) is 15.3. The average Bonchev–Trinajstić information content (AvgIpc) is 3.11. The predicted molar refractivity (Wildman–Crippen MR) is 103 cm³/mol. The fourth-order valence-corrected chi connectivity index (χ4v) is 3.40. The Kier molecular flexibility index (Phi) is 4.56. The lowest BCUT2D eigenvalue weighted by molar-refractivity contribution is 0.0942. The maximum atomic E-state index is 12.9. The number of imidazole rings is 1. The third-order valence-electron chi connectivity index (χ3n) is 4.38. The van der Waals surface area contributed by atoms with Gasteiger partial charge < -0.3 is 5.32 Å². The second kappa shape index (κ2) is 7.17. The number of aryl methyl sites for hydroxylation is 1. The summed E-state index contributed by atoms with van der Waals surface area (Å²) in [6.07, 6.45) is 6.56. The van der Waals surface area contributed by atoms with Crippen LogP contribution in [-0.2, 0) is 0 Å². The normalized spacial score (nSPS) is 12.1. The zero-order valence-electron chi connectivity index (χ0n) is 14.5. The Labute approximate surface area is 160 Å². The lowest BCUT2D eigenvalue weighted by Crippen LogP contribution is -2.31. The highest BCUT2D eigenvalue weighted by Gasteiger charge is 2.25. The van der Waals surface area contributed by atoms with Gasteiger partial charge in [-0.3, -0.25) is 9.78 Å². The number of hydrogen-bond donors (Lipinski definition) is 1. The molecular weight excluding hydrogens is 362 g/mol. The van der Waals surface area contributed by atoms with Gasteiger partial charge in [0.25, 0.3) is 5.91 Å². The van der Waals surface area contributed by atoms with Crippen LogP contribution in [-0.4, -0.2) is 25.5 Å². The Bertz CT molecular complexity index is 1090. The highest BCUT2D eigenvalue weighted by Crippen LogP contribution is 2.31. The molecule has 3 aromatic heterocycles. The monoisotopic (exact) mass is 377 g/mol. The lowest BCUT2D eigenvalue weighted by Gasteiger charge is -2.22. The third kappa shape index (κ3) is 3.27. The average molecular weight is 378 g/mol. The lowest BCUT2D eigenvalue weighted by atomic mass is 9.98. The van der Waals surface area contributed by atoms with E-state index in [0.29, 0.717) is 16.2 Å². The topological polar surface area (TPSA) is 72.2 Å². The number of carbonyl (C=O) groups is 1. The number of benzene rings is 1. The minimum atomic E-state index is -0.510. The molecule has 0 aliphatic rings. The van der Waals surface area contributed by atoms with E-state index >= 15 is 0 Å². The highest BCUT2D eigenvalue weighted by atomic mass is 35.5. The molecule has 3 heterocycles. The first-order valence-corrected chi connectivity index (χ1v) is 8.77. The molecule has 0 bridgehead atoms. The van der Waals surface area contributed by atoms with Crippen LogP contribution < -0.4 is 5.32 Å². The molecule has 4 rings (SSSR count). The Hall–Kier alpha value is -3.25. The van der Waals surface area contributed by atoms with Crippen LogP contribution in [0.5, 0.6) is 0 Å². The van der Waals surface area contributed by atoms with Gasteiger partial charge in [-0.2, -0.15) is 5.10 Å². The first kappa shape index (κ1) is 17.2. The second-order valence-corrected chi connectivity index (χ2v) is 6.50. The second-order valence-electron chi connectivity index (χ2n) is 6.09. The Morgan fingerprint density at radius 3 is 2.70 bits per heavy atom. The van der Waals surface area contributed by atoms with E-state index in [1.54, 1.807) is 41.4 Å². The van der Waals surface area contributed by atoms with Crippen LogP contribution in [0.4, 0.5) is 0 Å². The van der Waals surface area contributed by atoms with Crippen LogP contribution >= 0.6 is 11.6 Å². The predicted octanol–water partition coefficient (Wildman–Crippen LogP) is 3.61. The summed E-state index contributed by atoms with van der Waals surface area (Å²) in [5, 5.41) is 8.02. The third-order valence-corrected chi connectivity index (χ3v) is 4.71. The Morgan fingerprint density at radius 1 is 1.11 bits per heavy atom. The molecule has 27 heavy (non-hydrogen) atoms. The van der Waals surface area contributed by atoms with Crippen molar-refractivity contribution in [3.05, 3.63) is 94.7 Å². The number of carbonyl (C=O) groups excluding carboxylic acids is 1. The molecule has 0 aliphatic carbocycles. The maximum absolute atomic E-state index is 12.9. The summed E-state index contributed by atoms with van der Waals surface area (Å²) >= 11 is 6.51. The van der Waals surface area contributed by atoms with Gasteiger partial charge >= 0.3 is 0 Å². The molecule has 1 atom stereocenters. The Balaban J connectivity index is 1.84. The molecule has 0 aliphatic heterocycles. The minimum absolute atomic E-state index is 0.229. The minimum Gasteiger partial charge on any atom is -0.339 e. The number of nitrogens with zero attached hydrogens (tertiary/aromatic N) is 4. The van der Waals surface area contributed by atoms with Gasteiger partial charge in [0.05, 0.1) is 11.9 Å². The van der Waals surface area contributed by atoms with Crippen molar-refractivity contribution in [2.75, 3.05) is 0 Å². The zero-order chi connectivity index (χ0) is 18.8. The number of rotatable bonds is 4. The number of fused-ring (bicyclic) bond motifs is 1. The van der Waals surface area contributed by atoms with Crippen LogP contribution in [0.1, 0.15) is 33.2 Å². The van der Waals surface area contributed by atoms with Crippen LogP contribution in [0.3, 0.4) is 0 Å². The summed E-state index contributed by atoms with van der Waals surface area (Å²) in [6, 6.07) is 12.2. The van der Waals surface area contributed by atoms with Gasteiger partial charge in [-0.25, -0.2) is 9.50 Å². The van der Waals surface area contributed by atoms with Gasteiger partial charge in [0.1, 0.15) is 6.04 Å². The van der Waals surface area contributed by atoms with Crippen molar-refractivity contribution in [3.63, 3.8) is 0 Å². The van der Waals surface area contributed by atoms with Crippen molar-refractivity contribution in [2.24, 2.45) is 0 Å². The van der Waals surface area contributed by atoms with Crippen LogP contribution in [0.25, 0.3) is 5.65 Å². The fraction of sp³-hybridized carbons (Fsp3) is 0.100. The molecule has 0 saturated heterocycles. The highest BCUT2D eigenvalue weighted by molar-refractivity contribution is 6.31. The van der Waals surface area contributed by atoms with E-state index < -0.39 is 6.04 Å². The van der Waals surface area contributed by atoms with Gasteiger partial charge in [-0.05, 0) is 42.8 Å². The van der Waals surface area contributed by atoms with E-state index in [1.165, 1.54) is 0 Å². The van der Waals surface area contributed by atoms with E-state index in [-0.39, 0.29) is 5.91 Å². The van der Waals surface area contributed by atoms with E-state index in [1.807, 2.05) is 37.3 Å². The SMILES string of the molecule is Cc1cccc(Cl)c1C(NC(=O)c1ccncc1)c1cnc2cccnn12. The summed E-state index contributed by atoms with van der Waals surface area (Å²) in [7, 11) is 0. The molecule has 1 unspecified atom stereocenters. The van der Waals surface area contributed by atoms with Crippen molar-refractivity contribution in [1.82, 2.24) is 24.9 Å². The molecule has 0 saturated carbocycles. The van der Waals surface area contributed by atoms with Crippen molar-refractivity contribution >= 4 is 23.2 Å². The Morgan fingerprint density at radius 2 is 1.93 bits per heavy atom.